The number of rotatable bonds is 5. The van der Waals surface area contributed by atoms with Crippen LogP contribution in [0, 0.1) is 0 Å². The van der Waals surface area contributed by atoms with Crippen LogP contribution in [0.1, 0.15) is 36.7 Å². The van der Waals surface area contributed by atoms with E-state index in [-0.39, 0.29) is 11.5 Å². The summed E-state index contributed by atoms with van der Waals surface area (Å²) in [5.74, 6) is -0.418. The number of hydrogen-bond acceptors (Lipinski definition) is 4. The summed E-state index contributed by atoms with van der Waals surface area (Å²) in [5.41, 5.74) is -1.11. The number of amides is 1. The Bertz CT molecular complexity index is 726. The van der Waals surface area contributed by atoms with Gasteiger partial charge >= 0.3 is 0 Å². The van der Waals surface area contributed by atoms with Gasteiger partial charge in [0.2, 0.25) is 10.8 Å². The first-order valence-electron chi connectivity index (χ1n) is 8.07. The van der Waals surface area contributed by atoms with Gasteiger partial charge < -0.3 is 15.2 Å². The van der Waals surface area contributed by atoms with Crippen LogP contribution < -0.4 is 5.32 Å². The molecule has 0 spiro atoms. The first-order valence-corrected chi connectivity index (χ1v) is 8.48. The van der Waals surface area contributed by atoms with Crippen molar-refractivity contribution in [3.05, 3.63) is 71.8 Å². The maximum Gasteiger partial charge on any atom is 0.253 e. The molecule has 0 heterocycles. The van der Waals surface area contributed by atoms with Crippen LogP contribution in [0.2, 0.25) is 0 Å². The number of nitrogens with one attached hydrogen (secondary N) is 1. The zero-order valence-corrected chi connectivity index (χ0v) is 15.5. The standard InChI is InChI=1S/C20H23NO3S/c1-19(2,3)24-18(25)20(23,14-15-10-6-4-7-11-15)21-17(22)16-12-8-5-9-13-16/h4-13,23H,14H2,1-3H3,(H,21,22)/t20-/m0/s1. The highest BCUT2D eigenvalue weighted by Crippen LogP contribution is 2.19. The maximum atomic E-state index is 12.5. The van der Waals surface area contributed by atoms with Gasteiger partial charge in [0, 0.05) is 12.0 Å². The highest BCUT2D eigenvalue weighted by atomic mass is 32.1. The third-order valence-electron chi connectivity index (χ3n) is 3.40. The fraction of sp³-hybridized carbons (Fsp3) is 0.300. The highest BCUT2D eigenvalue weighted by molar-refractivity contribution is 7.80. The zero-order valence-electron chi connectivity index (χ0n) is 14.7. The van der Waals surface area contributed by atoms with E-state index in [0.29, 0.717) is 5.56 Å². The lowest BCUT2D eigenvalue weighted by molar-refractivity contribution is 0.0202. The van der Waals surface area contributed by atoms with Crippen molar-refractivity contribution >= 4 is 23.2 Å². The normalized spacial score (nSPS) is 13.6. The molecule has 0 radical (unpaired) electrons. The molecule has 1 amide bonds. The van der Waals surface area contributed by atoms with Gasteiger partial charge in [-0.25, -0.2) is 0 Å². The summed E-state index contributed by atoms with van der Waals surface area (Å²) < 4.78 is 5.68. The van der Waals surface area contributed by atoms with Gasteiger partial charge in [-0.1, -0.05) is 48.5 Å². The molecular weight excluding hydrogens is 334 g/mol. The number of hydrogen-bond donors (Lipinski definition) is 2. The van der Waals surface area contributed by atoms with E-state index in [1.807, 2.05) is 57.2 Å². The van der Waals surface area contributed by atoms with Gasteiger partial charge in [0.25, 0.3) is 5.91 Å². The van der Waals surface area contributed by atoms with Crippen LogP contribution in [0.5, 0.6) is 0 Å². The van der Waals surface area contributed by atoms with E-state index in [9.17, 15) is 9.90 Å². The first kappa shape index (κ1) is 19.1. The van der Waals surface area contributed by atoms with Crippen molar-refractivity contribution in [1.29, 1.82) is 0 Å². The summed E-state index contributed by atoms with van der Waals surface area (Å²) in [6.45, 7) is 5.50. The predicted octanol–water partition coefficient (Wildman–Crippen LogP) is 3.49. The molecule has 2 rings (SSSR count). The summed E-state index contributed by atoms with van der Waals surface area (Å²) in [6.07, 6.45) is 0.112. The lowest BCUT2D eigenvalue weighted by Gasteiger charge is -2.33. The van der Waals surface area contributed by atoms with Crippen LogP contribution in [0.15, 0.2) is 60.7 Å². The summed E-state index contributed by atoms with van der Waals surface area (Å²) in [4.78, 5) is 12.5. The number of ether oxygens (including phenoxy) is 1. The number of benzene rings is 2. The molecule has 132 valence electrons. The van der Waals surface area contributed by atoms with Crippen LogP contribution in [0.4, 0.5) is 0 Å². The number of carbonyl (C=O) groups is 1. The minimum Gasteiger partial charge on any atom is -0.477 e. The van der Waals surface area contributed by atoms with E-state index in [0.717, 1.165) is 5.56 Å². The second-order valence-corrected chi connectivity index (χ2v) is 7.22. The fourth-order valence-corrected chi connectivity index (χ4v) is 2.64. The average molecular weight is 357 g/mol. The number of aliphatic hydroxyl groups is 1. The molecule has 0 bridgehead atoms. The summed E-state index contributed by atoms with van der Waals surface area (Å²) >= 11 is 5.32. The van der Waals surface area contributed by atoms with Crippen molar-refractivity contribution in [2.75, 3.05) is 0 Å². The van der Waals surface area contributed by atoms with Gasteiger partial charge in [-0.3, -0.25) is 4.79 Å². The van der Waals surface area contributed by atoms with Crippen LogP contribution in [0.3, 0.4) is 0 Å². The van der Waals surface area contributed by atoms with Gasteiger partial charge in [-0.15, -0.1) is 0 Å². The number of thiocarbonyl (C=S) groups is 1. The molecule has 2 N–H and O–H groups in total. The second-order valence-electron chi connectivity index (χ2n) is 6.84. The number of carbonyl (C=O) groups excluding carboxylic acids is 1. The molecule has 4 nitrogen and oxygen atoms in total. The monoisotopic (exact) mass is 357 g/mol. The fourth-order valence-electron chi connectivity index (χ4n) is 2.27. The molecule has 2 aromatic carbocycles. The Hall–Kier alpha value is -2.24. The molecule has 0 fully saturated rings. The molecule has 0 aliphatic carbocycles. The van der Waals surface area contributed by atoms with Crippen LogP contribution >= 0.6 is 12.2 Å². The Morgan fingerprint density at radius 3 is 2.08 bits per heavy atom. The molecule has 2 aromatic rings. The summed E-state index contributed by atoms with van der Waals surface area (Å²) in [5, 5.41) is 13.7. The van der Waals surface area contributed by atoms with Crippen molar-refractivity contribution in [3.8, 4) is 0 Å². The topological polar surface area (TPSA) is 58.6 Å². The van der Waals surface area contributed by atoms with Gasteiger partial charge in [0.15, 0.2) is 0 Å². The highest BCUT2D eigenvalue weighted by Gasteiger charge is 2.38. The molecule has 0 saturated heterocycles. The van der Waals surface area contributed by atoms with Gasteiger partial charge in [0.1, 0.15) is 5.60 Å². The van der Waals surface area contributed by atoms with Gasteiger partial charge in [0.05, 0.1) is 0 Å². The van der Waals surface area contributed by atoms with E-state index in [4.69, 9.17) is 17.0 Å². The lowest BCUT2D eigenvalue weighted by Crippen LogP contribution is -2.57. The van der Waals surface area contributed by atoms with E-state index >= 15 is 0 Å². The zero-order chi connectivity index (χ0) is 18.5. The van der Waals surface area contributed by atoms with E-state index in [2.05, 4.69) is 5.32 Å². The van der Waals surface area contributed by atoms with Crippen molar-refractivity contribution in [1.82, 2.24) is 5.32 Å². The molecule has 0 aliphatic heterocycles. The largest absolute Gasteiger partial charge is 0.477 e. The third kappa shape index (κ3) is 5.66. The Morgan fingerprint density at radius 1 is 1.04 bits per heavy atom. The second kappa shape index (κ2) is 7.76. The van der Waals surface area contributed by atoms with Crippen LogP contribution in [-0.4, -0.2) is 27.4 Å². The quantitative estimate of drug-likeness (QED) is 0.635. The molecule has 25 heavy (non-hydrogen) atoms. The lowest BCUT2D eigenvalue weighted by atomic mass is 10.0. The maximum absolute atomic E-state index is 12.5. The predicted molar refractivity (Wildman–Crippen MR) is 102 cm³/mol. The summed E-state index contributed by atoms with van der Waals surface area (Å²) in [6, 6.07) is 18.0. The average Bonchev–Trinajstić information content (AvgIpc) is 2.55. The van der Waals surface area contributed by atoms with E-state index < -0.39 is 17.2 Å². The molecule has 5 heteroatoms. The molecule has 0 aliphatic rings. The summed E-state index contributed by atoms with van der Waals surface area (Å²) in [7, 11) is 0. The van der Waals surface area contributed by atoms with Crippen molar-refractivity contribution in [2.45, 2.75) is 38.5 Å². The van der Waals surface area contributed by atoms with E-state index in [1.165, 1.54) is 0 Å². The molecule has 0 aromatic heterocycles. The molecule has 0 unspecified atom stereocenters. The molecule has 0 saturated carbocycles. The Labute approximate surface area is 153 Å². The third-order valence-corrected chi connectivity index (χ3v) is 3.82. The van der Waals surface area contributed by atoms with Crippen LogP contribution in [0.25, 0.3) is 0 Å². The van der Waals surface area contributed by atoms with Gasteiger partial charge in [-0.05, 0) is 50.7 Å². The molecular formula is C20H23NO3S. The Balaban J connectivity index is 2.27. The first-order chi connectivity index (χ1) is 11.7. The Morgan fingerprint density at radius 2 is 1.56 bits per heavy atom. The van der Waals surface area contributed by atoms with E-state index in [1.54, 1.807) is 24.3 Å². The van der Waals surface area contributed by atoms with Crippen molar-refractivity contribution < 1.29 is 14.6 Å². The Kier molecular flexibility index (Phi) is 5.93. The molecule has 1 atom stereocenters. The van der Waals surface area contributed by atoms with Crippen molar-refractivity contribution in [2.24, 2.45) is 0 Å². The SMILES string of the molecule is CC(C)(C)OC(=S)[C@@](O)(Cc1ccccc1)NC(=O)c1ccccc1. The van der Waals surface area contributed by atoms with Crippen molar-refractivity contribution in [3.63, 3.8) is 0 Å². The minimum atomic E-state index is -1.79. The minimum absolute atomic E-state index is 0.0619. The smallest absolute Gasteiger partial charge is 0.253 e. The van der Waals surface area contributed by atoms with Gasteiger partial charge in [-0.2, -0.15) is 0 Å². The van der Waals surface area contributed by atoms with Crippen LogP contribution in [-0.2, 0) is 11.2 Å².